The van der Waals surface area contributed by atoms with Gasteiger partial charge in [-0.05, 0) is 38.5 Å². The Bertz CT molecular complexity index is 422. The summed E-state index contributed by atoms with van der Waals surface area (Å²) in [6.45, 7) is 4.85. The van der Waals surface area contributed by atoms with Crippen LogP contribution in [0.5, 0.6) is 0 Å². The predicted molar refractivity (Wildman–Crippen MR) is 74.2 cm³/mol. The van der Waals surface area contributed by atoms with E-state index in [1.807, 2.05) is 24.3 Å². The number of benzene rings is 1. The number of ether oxygens (including phenoxy) is 1. The summed E-state index contributed by atoms with van der Waals surface area (Å²) in [4.78, 5) is 0. The molecule has 0 bridgehead atoms. The molecule has 1 unspecified atom stereocenters. The van der Waals surface area contributed by atoms with Crippen molar-refractivity contribution in [1.82, 2.24) is 0 Å². The average Bonchev–Trinajstić information content (AvgIpc) is 2.27. The maximum absolute atomic E-state index is 9.75. The summed E-state index contributed by atoms with van der Waals surface area (Å²) in [5.41, 5.74) is 0.396. The molecule has 1 heterocycles. The van der Waals surface area contributed by atoms with Crippen LogP contribution in [-0.4, -0.2) is 29.5 Å². The van der Waals surface area contributed by atoms with Crippen molar-refractivity contribution < 1.29 is 9.84 Å². The summed E-state index contributed by atoms with van der Waals surface area (Å²) in [6, 6.07) is 7.58. The van der Waals surface area contributed by atoms with E-state index >= 15 is 0 Å². The third-order valence-electron chi connectivity index (χ3n) is 3.37. The Morgan fingerprint density at radius 1 is 1.44 bits per heavy atom. The van der Waals surface area contributed by atoms with Gasteiger partial charge >= 0.3 is 0 Å². The monoisotopic (exact) mass is 269 g/mol. The lowest BCUT2D eigenvalue weighted by Gasteiger charge is -2.44. The van der Waals surface area contributed by atoms with Crippen molar-refractivity contribution in [2.45, 2.75) is 37.8 Å². The van der Waals surface area contributed by atoms with Gasteiger partial charge < -0.3 is 15.2 Å². The van der Waals surface area contributed by atoms with Crippen molar-refractivity contribution in [2.75, 3.05) is 18.5 Å². The molecule has 0 spiro atoms. The van der Waals surface area contributed by atoms with Gasteiger partial charge in [-0.3, -0.25) is 0 Å². The van der Waals surface area contributed by atoms with Crippen molar-refractivity contribution in [1.29, 1.82) is 0 Å². The molecule has 0 aromatic heterocycles. The molecule has 4 heteroatoms. The molecular weight excluding hydrogens is 250 g/mol. The fraction of sp³-hybridized carbons (Fsp3) is 0.571. The minimum atomic E-state index is -0.327. The number of nitrogens with one attached hydrogen (secondary N) is 1. The molecule has 18 heavy (non-hydrogen) atoms. The lowest BCUT2D eigenvalue weighted by atomic mass is 9.81. The number of halogens is 1. The van der Waals surface area contributed by atoms with Crippen LogP contribution >= 0.6 is 11.6 Å². The first kappa shape index (κ1) is 13.7. The van der Waals surface area contributed by atoms with Gasteiger partial charge in [0.2, 0.25) is 0 Å². The summed E-state index contributed by atoms with van der Waals surface area (Å²) in [6.07, 6.45) is 1.56. The van der Waals surface area contributed by atoms with Gasteiger partial charge in [0.05, 0.1) is 17.7 Å². The molecule has 1 aliphatic rings. The number of hydrogen-bond acceptors (Lipinski definition) is 3. The van der Waals surface area contributed by atoms with E-state index in [0.29, 0.717) is 11.6 Å². The first-order valence-electron chi connectivity index (χ1n) is 6.23. The number of hydrogen-bond donors (Lipinski definition) is 2. The minimum absolute atomic E-state index is 0.0896. The van der Waals surface area contributed by atoms with Crippen molar-refractivity contribution in [3.8, 4) is 0 Å². The Balaban J connectivity index is 2.18. The fourth-order valence-corrected chi connectivity index (χ4v) is 2.82. The van der Waals surface area contributed by atoms with Crippen LogP contribution in [0, 0.1) is 0 Å². The van der Waals surface area contributed by atoms with Crippen molar-refractivity contribution in [2.24, 2.45) is 0 Å². The van der Waals surface area contributed by atoms with Gasteiger partial charge in [-0.15, -0.1) is 0 Å². The van der Waals surface area contributed by atoms with Gasteiger partial charge in [0, 0.05) is 23.7 Å². The standard InChI is InChI=1S/C14H20ClNO2/c1-13(2)9-14(10-17,6-7-18-13)16-12-5-3-4-11(15)8-12/h3-5,8,16-17H,6-7,9-10H2,1-2H3. The highest BCUT2D eigenvalue weighted by molar-refractivity contribution is 6.30. The largest absolute Gasteiger partial charge is 0.394 e. The molecular formula is C14H20ClNO2. The van der Waals surface area contributed by atoms with Crippen LogP contribution in [0.25, 0.3) is 0 Å². The van der Waals surface area contributed by atoms with Crippen LogP contribution < -0.4 is 5.32 Å². The lowest BCUT2D eigenvalue weighted by Crippen LogP contribution is -2.53. The van der Waals surface area contributed by atoms with E-state index in [9.17, 15) is 5.11 Å². The van der Waals surface area contributed by atoms with Crippen LogP contribution in [0.15, 0.2) is 24.3 Å². The maximum Gasteiger partial charge on any atom is 0.0663 e. The molecule has 1 aromatic rings. The zero-order chi connectivity index (χ0) is 13.2. The first-order chi connectivity index (χ1) is 8.45. The molecule has 0 saturated carbocycles. The highest BCUT2D eigenvalue weighted by Gasteiger charge is 2.40. The van der Waals surface area contributed by atoms with Gasteiger partial charge in [-0.1, -0.05) is 17.7 Å². The molecule has 1 atom stereocenters. The first-order valence-corrected chi connectivity index (χ1v) is 6.61. The topological polar surface area (TPSA) is 41.5 Å². The second-order valence-corrected chi connectivity index (χ2v) is 6.05. The quantitative estimate of drug-likeness (QED) is 0.886. The lowest BCUT2D eigenvalue weighted by molar-refractivity contribution is -0.0838. The molecule has 1 aliphatic heterocycles. The SMILES string of the molecule is CC1(C)CC(CO)(Nc2cccc(Cl)c2)CCO1. The van der Waals surface area contributed by atoms with Gasteiger partial charge in [-0.25, -0.2) is 0 Å². The van der Waals surface area contributed by atoms with Crippen LogP contribution in [0.4, 0.5) is 5.69 Å². The number of anilines is 1. The van der Waals surface area contributed by atoms with E-state index in [1.165, 1.54) is 0 Å². The van der Waals surface area contributed by atoms with Crippen molar-refractivity contribution in [3.63, 3.8) is 0 Å². The summed E-state index contributed by atoms with van der Waals surface area (Å²) in [7, 11) is 0. The van der Waals surface area contributed by atoms with Crippen LogP contribution in [0.3, 0.4) is 0 Å². The van der Waals surface area contributed by atoms with Crippen molar-refractivity contribution >= 4 is 17.3 Å². The predicted octanol–water partition coefficient (Wildman–Crippen LogP) is 3.07. The molecule has 100 valence electrons. The maximum atomic E-state index is 9.75. The average molecular weight is 270 g/mol. The second kappa shape index (κ2) is 5.08. The summed E-state index contributed by atoms with van der Waals surface area (Å²) in [5.74, 6) is 0. The van der Waals surface area contributed by atoms with E-state index in [4.69, 9.17) is 16.3 Å². The summed E-state index contributed by atoms with van der Waals surface area (Å²) in [5, 5.41) is 13.9. The molecule has 3 nitrogen and oxygen atoms in total. The van der Waals surface area contributed by atoms with E-state index in [2.05, 4.69) is 19.2 Å². The smallest absolute Gasteiger partial charge is 0.0663 e. The van der Waals surface area contributed by atoms with E-state index in [1.54, 1.807) is 0 Å². The minimum Gasteiger partial charge on any atom is -0.394 e. The second-order valence-electron chi connectivity index (χ2n) is 5.61. The van der Waals surface area contributed by atoms with Gasteiger partial charge in [-0.2, -0.15) is 0 Å². The summed E-state index contributed by atoms with van der Waals surface area (Å²) < 4.78 is 5.71. The molecule has 1 aromatic carbocycles. The molecule has 0 amide bonds. The fourth-order valence-electron chi connectivity index (χ4n) is 2.63. The van der Waals surface area contributed by atoms with Gasteiger partial charge in [0.1, 0.15) is 0 Å². The van der Waals surface area contributed by atoms with E-state index < -0.39 is 0 Å². The molecule has 2 rings (SSSR count). The third kappa shape index (κ3) is 3.16. The Labute approximate surface area is 113 Å². The van der Waals surface area contributed by atoms with Crippen molar-refractivity contribution in [3.05, 3.63) is 29.3 Å². The number of aliphatic hydroxyl groups is 1. The summed E-state index contributed by atoms with van der Waals surface area (Å²) >= 11 is 5.98. The molecule has 1 fully saturated rings. The van der Waals surface area contributed by atoms with Gasteiger partial charge in [0.25, 0.3) is 0 Å². The third-order valence-corrected chi connectivity index (χ3v) is 3.61. The Hall–Kier alpha value is -0.770. The van der Waals surface area contributed by atoms with E-state index in [0.717, 1.165) is 18.5 Å². The van der Waals surface area contributed by atoms with Crippen LogP contribution in [-0.2, 0) is 4.74 Å². The number of rotatable bonds is 3. The Morgan fingerprint density at radius 2 is 2.22 bits per heavy atom. The molecule has 0 aliphatic carbocycles. The molecule has 0 radical (unpaired) electrons. The molecule has 1 saturated heterocycles. The van der Waals surface area contributed by atoms with Crippen LogP contribution in [0.2, 0.25) is 5.02 Å². The van der Waals surface area contributed by atoms with Gasteiger partial charge in [0.15, 0.2) is 0 Å². The van der Waals surface area contributed by atoms with E-state index in [-0.39, 0.29) is 17.7 Å². The molecule has 2 N–H and O–H groups in total. The Morgan fingerprint density at radius 3 is 2.83 bits per heavy atom. The zero-order valence-electron chi connectivity index (χ0n) is 10.9. The number of aliphatic hydroxyl groups excluding tert-OH is 1. The highest BCUT2D eigenvalue weighted by Crippen LogP contribution is 2.34. The van der Waals surface area contributed by atoms with Crippen LogP contribution in [0.1, 0.15) is 26.7 Å². The highest BCUT2D eigenvalue weighted by atomic mass is 35.5. The normalized spacial score (nSPS) is 26.9. The zero-order valence-corrected chi connectivity index (χ0v) is 11.6. The Kier molecular flexibility index (Phi) is 3.85.